The van der Waals surface area contributed by atoms with Gasteiger partial charge in [-0.15, -0.1) is 0 Å². The van der Waals surface area contributed by atoms with Crippen LogP contribution in [0.4, 0.5) is 0 Å². The molecule has 1 aliphatic heterocycles. The second kappa shape index (κ2) is 49.8. The molecule has 0 aliphatic carbocycles. The van der Waals surface area contributed by atoms with Gasteiger partial charge in [0, 0.05) is 12.8 Å². The molecule has 1 rings (SSSR count). The summed E-state index contributed by atoms with van der Waals surface area (Å²) < 4.78 is 16.6. The largest absolute Gasteiger partial charge is 0.466 e. The molecular weight excluding hydrogens is 895 g/mol. The first-order valence-electron chi connectivity index (χ1n) is 29.4. The van der Waals surface area contributed by atoms with Gasteiger partial charge in [-0.25, -0.2) is 0 Å². The van der Waals surface area contributed by atoms with E-state index in [9.17, 15) is 35.1 Å². The Morgan fingerprint density at radius 1 is 0.521 bits per heavy atom. The number of allylic oxidation sites excluding steroid dienone is 7. The third-order valence-corrected chi connectivity index (χ3v) is 13.7. The molecule has 1 saturated heterocycles. The number of unbranched alkanes of at least 4 members (excludes halogenated alkanes) is 31. The standard InChI is InChI=1S/C60H109NO10/c1-3-5-7-9-11-13-14-15-21-25-28-32-36-40-44-48-56(65)69-49-45-41-37-33-29-26-23-20-18-16-17-19-22-24-27-31-35-39-43-47-55(64)61-52(53(63)46-42-38-34-30-12-10-8-6-4-2)51-70-60-59(68)58(67)57(66)54(50-62)71-60/h15,20-21,23,26,29,42,46,52-54,57-60,62-63,66-68H,3-14,16-19,22,24-25,27-28,30-41,43-45,47-51H2,1-2H3,(H,61,64)/b21-15-,23-20-,29-26-,46-42+. The number of rotatable bonds is 50. The molecule has 6 N–H and O–H groups in total. The second-order valence-corrected chi connectivity index (χ2v) is 20.4. The van der Waals surface area contributed by atoms with Crippen LogP contribution >= 0.6 is 0 Å². The highest BCUT2D eigenvalue weighted by molar-refractivity contribution is 5.76. The zero-order valence-corrected chi connectivity index (χ0v) is 45.4. The Bertz CT molecular complexity index is 1320. The van der Waals surface area contributed by atoms with E-state index >= 15 is 0 Å². The van der Waals surface area contributed by atoms with Gasteiger partial charge in [0.2, 0.25) is 5.91 Å². The maximum absolute atomic E-state index is 13.0. The second-order valence-electron chi connectivity index (χ2n) is 20.4. The van der Waals surface area contributed by atoms with Gasteiger partial charge >= 0.3 is 5.97 Å². The van der Waals surface area contributed by atoms with Gasteiger partial charge in [-0.05, 0) is 89.9 Å². The van der Waals surface area contributed by atoms with Crippen molar-refractivity contribution in [3.8, 4) is 0 Å². The summed E-state index contributed by atoms with van der Waals surface area (Å²) in [4.78, 5) is 25.0. The molecule has 0 saturated carbocycles. The average molecular weight is 1000 g/mol. The minimum absolute atomic E-state index is 0.0368. The summed E-state index contributed by atoms with van der Waals surface area (Å²) in [5, 5.41) is 54.2. The summed E-state index contributed by atoms with van der Waals surface area (Å²) in [7, 11) is 0. The number of hydrogen-bond acceptors (Lipinski definition) is 10. The lowest BCUT2D eigenvalue weighted by atomic mass is 9.99. The van der Waals surface area contributed by atoms with Gasteiger partial charge < -0.3 is 45.1 Å². The SMILES string of the molecule is CCCCCCCC/C=C\CCCCCCCC(=O)OCCCCC/C=C\C=C/CCCCCCCCCCCCC(=O)NC(COC1OC(CO)C(O)C(O)C1O)C(O)/C=C/CCCCCCCCC. The van der Waals surface area contributed by atoms with Crippen LogP contribution in [0.2, 0.25) is 0 Å². The predicted molar refractivity (Wildman–Crippen MR) is 292 cm³/mol. The first-order valence-corrected chi connectivity index (χ1v) is 29.4. The summed E-state index contributed by atoms with van der Waals surface area (Å²) in [5.74, 6) is -0.232. The molecular formula is C60H109NO10. The number of hydrogen-bond donors (Lipinski definition) is 6. The summed E-state index contributed by atoms with van der Waals surface area (Å²) in [6, 6.07) is -0.817. The monoisotopic (exact) mass is 1000 g/mol. The molecule has 1 amide bonds. The molecule has 11 nitrogen and oxygen atoms in total. The molecule has 1 fully saturated rings. The Balaban J connectivity index is 2.06. The fraction of sp³-hybridized carbons (Fsp3) is 0.833. The van der Waals surface area contributed by atoms with Crippen LogP contribution in [0.25, 0.3) is 0 Å². The van der Waals surface area contributed by atoms with Crippen molar-refractivity contribution in [2.75, 3.05) is 19.8 Å². The first-order chi connectivity index (χ1) is 34.7. The van der Waals surface area contributed by atoms with Crippen molar-refractivity contribution in [3.63, 3.8) is 0 Å². The molecule has 11 heteroatoms. The Morgan fingerprint density at radius 3 is 1.44 bits per heavy atom. The van der Waals surface area contributed by atoms with E-state index in [0.717, 1.165) is 89.9 Å². The van der Waals surface area contributed by atoms with Crippen molar-refractivity contribution in [3.05, 3.63) is 48.6 Å². The smallest absolute Gasteiger partial charge is 0.305 e. The summed E-state index contributed by atoms with van der Waals surface area (Å²) in [6.45, 7) is 4.25. The number of aliphatic hydroxyl groups is 5. The van der Waals surface area contributed by atoms with E-state index in [2.05, 4.69) is 55.6 Å². The fourth-order valence-electron chi connectivity index (χ4n) is 8.95. The summed E-state index contributed by atoms with van der Waals surface area (Å²) in [6.07, 6.45) is 52.1. The zero-order valence-electron chi connectivity index (χ0n) is 45.4. The molecule has 414 valence electrons. The van der Waals surface area contributed by atoms with E-state index in [1.807, 2.05) is 6.08 Å². The predicted octanol–water partition coefficient (Wildman–Crippen LogP) is 13.3. The van der Waals surface area contributed by atoms with Gasteiger partial charge in [0.25, 0.3) is 0 Å². The van der Waals surface area contributed by atoms with Gasteiger partial charge in [0.05, 0.1) is 32.0 Å². The van der Waals surface area contributed by atoms with Crippen LogP contribution in [0.1, 0.15) is 258 Å². The number of nitrogens with one attached hydrogen (secondary N) is 1. The highest BCUT2D eigenvalue weighted by Gasteiger charge is 2.44. The fourth-order valence-corrected chi connectivity index (χ4v) is 8.95. The van der Waals surface area contributed by atoms with Crippen LogP contribution < -0.4 is 5.32 Å². The zero-order chi connectivity index (χ0) is 51.7. The van der Waals surface area contributed by atoms with E-state index in [4.69, 9.17) is 14.2 Å². The lowest BCUT2D eigenvalue weighted by molar-refractivity contribution is -0.302. The van der Waals surface area contributed by atoms with Crippen molar-refractivity contribution in [2.45, 2.75) is 301 Å². The number of carbonyl (C=O) groups is 2. The lowest BCUT2D eigenvalue weighted by Crippen LogP contribution is -2.60. The summed E-state index contributed by atoms with van der Waals surface area (Å²) >= 11 is 0. The van der Waals surface area contributed by atoms with Crippen molar-refractivity contribution >= 4 is 11.9 Å². The number of amides is 1. The Morgan fingerprint density at radius 2 is 0.944 bits per heavy atom. The van der Waals surface area contributed by atoms with E-state index in [0.29, 0.717) is 19.4 Å². The van der Waals surface area contributed by atoms with Gasteiger partial charge in [0.15, 0.2) is 6.29 Å². The van der Waals surface area contributed by atoms with Gasteiger partial charge in [0.1, 0.15) is 24.4 Å². The van der Waals surface area contributed by atoms with Crippen LogP contribution in [0, 0.1) is 0 Å². The van der Waals surface area contributed by atoms with E-state index in [1.165, 1.54) is 141 Å². The maximum atomic E-state index is 13.0. The van der Waals surface area contributed by atoms with Crippen molar-refractivity contribution in [2.24, 2.45) is 0 Å². The topological polar surface area (TPSA) is 175 Å². The Labute approximate surface area is 434 Å². The molecule has 0 bridgehead atoms. The first kappa shape index (κ1) is 66.6. The molecule has 7 atom stereocenters. The average Bonchev–Trinajstić information content (AvgIpc) is 3.37. The minimum Gasteiger partial charge on any atom is -0.466 e. The third kappa shape index (κ3) is 39.7. The normalized spacial score (nSPS) is 19.5. The molecule has 0 aromatic rings. The molecule has 7 unspecified atom stereocenters. The highest BCUT2D eigenvalue weighted by atomic mass is 16.7. The molecule has 0 aromatic heterocycles. The molecule has 71 heavy (non-hydrogen) atoms. The number of carbonyl (C=O) groups excluding carboxylic acids is 2. The van der Waals surface area contributed by atoms with Crippen LogP contribution in [-0.4, -0.2) is 100 Å². The van der Waals surface area contributed by atoms with E-state index < -0.39 is 49.5 Å². The molecule has 1 aliphatic rings. The minimum atomic E-state index is -1.57. The Kier molecular flexibility index (Phi) is 46.7. The lowest BCUT2D eigenvalue weighted by Gasteiger charge is -2.40. The highest BCUT2D eigenvalue weighted by Crippen LogP contribution is 2.23. The van der Waals surface area contributed by atoms with E-state index in [-0.39, 0.29) is 18.5 Å². The van der Waals surface area contributed by atoms with E-state index in [1.54, 1.807) is 6.08 Å². The van der Waals surface area contributed by atoms with Crippen LogP contribution in [-0.2, 0) is 23.8 Å². The van der Waals surface area contributed by atoms with Crippen molar-refractivity contribution in [1.82, 2.24) is 5.32 Å². The van der Waals surface area contributed by atoms with Crippen molar-refractivity contribution in [1.29, 1.82) is 0 Å². The number of esters is 1. The Hall–Kier alpha value is -2.38. The molecule has 0 radical (unpaired) electrons. The van der Waals surface area contributed by atoms with Gasteiger partial charge in [-0.1, -0.05) is 204 Å². The third-order valence-electron chi connectivity index (χ3n) is 13.7. The van der Waals surface area contributed by atoms with Gasteiger partial charge in [-0.3, -0.25) is 9.59 Å². The number of aliphatic hydroxyl groups excluding tert-OH is 5. The summed E-state index contributed by atoms with van der Waals surface area (Å²) in [5.41, 5.74) is 0. The quantitative estimate of drug-likeness (QED) is 0.0149. The number of ether oxygens (including phenoxy) is 3. The van der Waals surface area contributed by atoms with Crippen molar-refractivity contribution < 1.29 is 49.3 Å². The molecule has 0 aromatic carbocycles. The molecule has 1 heterocycles. The van der Waals surface area contributed by atoms with Crippen LogP contribution in [0.15, 0.2) is 48.6 Å². The maximum Gasteiger partial charge on any atom is 0.305 e. The van der Waals surface area contributed by atoms with Crippen LogP contribution in [0.3, 0.4) is 0 Å². The van der Waals surface area contributed by atoms with Crippen LogP contribution in [0.5, 0.6) is 0 Å². The molecule has 0 spiro atoms. The van der Waals surface area contributed by atoms with Gasteiger partial charge in [-0.2, -0.15) is 0 Å².